The number of imidazole rings is 1. The number of aromatic amines is 1. The van der Waals surface area contributed by atoms with Gasteiger partial charge in [-0.05, 0) is 5.92 Å². The minimum Gasteiger partial charge on any atom is -0.338 e. The van der Waals surface area contributed by atoms with Crippen LogP contribution in [0, 0.1) is 23.2 Å². The van der Waals surface area contributed by atoms with Gasteiger partial charge < -0.3 is 4.98 Å². The first-order chi connectivity index (χ1) is 4.93. The van der Waals surface area contributed by atoms with E-state index in [0.29, 0.717) is 0 Å². The number of nitriles is 1. The normalized spacial score (nSPS) is 7.50. The van der Waals surface area contributed by atoms with E-state index in [2.05, 4.69) is 21.8 Å². The predicted molar refractivity (Wildman–Crippen MR) is 35.7 cm³/mol. The number of nitrogens with one attached hydrogen (secondary N) is 1. The maximum absolute atomic E-state index is 8.12. The maximum Gasteiger partial charge on any atom is 0.109 e. The molecule has 1 aromatic heterocycles. The van der Waals surface area contributed by atoms with Crippen LogP contribution < -0.4 is 0 Å². The molecule has 0 aliphatic rings. The van der Waals surface area contributed by atoms with Gasteiger partial charge in [0.1, 0.15) is 5.69 Å². The highest BCUT2D eigenvalue weighted by Gasteiger charge is 1.81. The molecule has 0 saturated heterocycles. The number of aromatic nitrogens is 2. The van der Waals surface area contributed by atoms with E-state index in [0.717, 1.165) is 5.69 Å². The Hall–Kier alpha value is -1.74. The van der Waals surface area contributed by atoms with Gasteiger partial charge in [0.2, 0.25) is 0 Å². The molecule has 0 bridgehead atoms. The van der Waals surface area contributed by atoms with Crippen molar-refractivity contribution in [2.24, 2.45) is 0 Å². The first-order valence-corrected chi connectivity index (χ1v) is 2.77. The molecule has 1 aromatic rings. The lowest BCUT2D eigenvalue weighted by atomic mass is 10.4. The fraction of sp³-hybridized carbons (Fsp3) is 0.143. The summed E-state index contributed by atoms with van der Waals surface area (Å²) in [6.07, 6.45) is 3.43. The summed E-state index contributed by atoms with van der Waals surface area (Å²) in [7, 11) is 0. The Morgan fingerprint density at radius 1 is 1.70 bits per heavy atom. The minimum absolute atomic E-state index is 0.263. The van der Waals surface area contributed by atoms with E-state index >= 15 is 0 Å². The van der Waals surface area contributed by atoms with Gasteiger partial charge in [0.05, 0.1) is 25.0 Å². The third-order valence-electron chi connectivity index (χ3n) is 0.889. The maximum atomic E-state index is 8.12. The van der Waals surface area contributed by atoms with Crippen molar-refractivity contribution in [1.29, 1.82) is 5.26 Å². The second-order valence-corrected chi connectivity index (χ2v) is 1.60. The summed E-state index contributed by atoms with van der Waals surface area (Å²) >= 11 is 0. The SMILES string of the molecule is N#CCC#Cc1cnc[nH]1. The number of nitrogens with zero attached hydrogens (tertiary/aromatic N) is 2. The molecule has 48 valence electrons. The van der Waals surface area contributed by atoms with Crippen LogP contribution in [0.2, 0.25) is 0 Å². The zero-order chi connectivity index (χ0) is 7.23. The molecule has 0 fully saturated rings. The van der Waals surface area contributed by atoms with Crippen molar-refractivity contribution in [2.45, 2.75) is 6.42 Å². The quantitative estimate of drug-likeness (QED) is 0.526. The van der Waals surface area contributed by atoms with Crippen LogP contribution >= 0.6 is 0 Å². The third-order valence-corrected chi connectivity index (χ3v) is 0.889. The molecule has 1 rings (SSSR count). The second kappa shape index (κ2) is 3.32. The fourth-order valence-corrected chi connectivity index (χ4v) is 0.503. The Morgan fingerprint density at radius 2 is 2.60 bits per heavy atom. The Labute approximate surface area is 58.7 Å². The molecular formula is C7H5N3. The van der Waals surface area contributed by atoms with Crippen molar-refractivity contribution in [1.82, 2.24) is 9.97 Å². The number of hydrogen-bond acceptors (Lipinski definition) is 2. The molecule has 0 atom stereocenters. The monoisotopic (exact) mass is 131 g/mol. The van der Waals surface area contributed by atoms with Gasteiger partial charge in [-0.15, -0.1) is 0 Å². The van der Waals surface area contributed by atoms with Gasteiger partial charge in [0, 0.05) is 0 Å². The summed E-state index contributed by atoms with van der Waals surface area (Å²) in [4.78, 5) is 6.56. The van der Waals surface area contributed by atoms with Gasteiger partial charge in [0.15, 0.2) is 0 Å². The molecule has 3 nitrogen and oxygen atoms in total. The van der Waals surface area contributed by atoms with E-state index < -0.39 is 0 Å². The standard InChI is InChI=1S/C7H5N3/c8-4-2-1-3-7-5-9-6-10-7/h5-6H,2H2,(H,9,10). The van der Waals surface area contributed by atoms with Crippen LogP contribution in [0.3, 0.4) is 0 Å². The van der Waals surface area contributed by atoms with Crippen molar-refractivity contribution in [3.05, 3.63) is 18.2 Å². The predicted octanol–water partition coefficient (Wildman–Crippen LogP) is 0.675. The zero-order valence-electron chi connectivity index (χ0n) is 5.26. The summed E-state index contributed by atoms with van der Waals surface area (Å²) in [6.45, 7) is 0. The van der Waals surface area contributed by atoms with Crippen molar-refractivity contribution in [3.63, 3.8) is 0 Å². The van der Waals surface area contributed by atoms with Crippen LogP contribution in [0.5, 0.6) is 0 Å². The van der Waals surface area contributed by atoms with Gasteiger partial charge in [-0.2, -0.15) is 5.26 Å². The molecule has 0 radical (unpaired) electrons. The highest BCUT2D eigenvalue weighted by atomic mass is 14.8. The van der Waals surface area contributed by atoms with Crippen LogP contribution in [0.25, 0.3) is 0 Å². The van der Waals surface area contributed by atoms with Crippen LogP contribution in [0.4, 0.5) is 0 Å². The van der Waals surface area contributed by atoms with Crippen LogP contribution in [-0.4, -0.2) is 9.97 Å². The van der Waals surface area contributed by atoms with Gasteiger partial charge in [0.25, 0.3) is 0 Å². The summed E-state index contributed by atoms with van der Waals surface area (Å²) in [5.41, 5.74) is 0.746. The molecule has 0 aliphatic heterocycles. The lowest BCUT2D eigenvalue weighted by Crippen LogP contribution is -1.68. The Kier molecular flexibility index (Phi) is 2.12. The summed E-state index contributed by atoms with van der Waals surface area (Å²) < 4.78 is 0. The van der Waals surface area contributed by atoms with Crippen molar-refractivity contribution < 1.29 is 0 Å². The molecule has 3 heteroatoms. The van der Waals surface area contributed by atoms with Crippen LogP contribution in [0.15, 0.2) is 12.5 Å². The first-order valence-electron chi connectivity index (χ1n) is 2.77. The smallest absolute Gasteiger partial charge is 0.109 e. The lowest BCUT2D eigenvalue weighted by molar-refractivity contribution is 1.30. The number of hydrogen-bond donors (Lipinski definition) is 1. The van der Waals surface area contributed by atoms with Crippen molar-refractivity contribution >= 4 is 0 Å². The molecular weight excluding hydrogens is 126 g/mol. The van der Waals surface area contributed by atoms with E-state index in [-0.39, 0.29) is 6.42 Å². The first kappa shape index (κ1) is 6.38. The van der Waals surface area contributed by atoms with Crippen molar-refractivity contribution in [2.75, 3.05) is 0 Å². The van der Waals surface area contributed by atoms with Crippen molar-refractivity contribution in [3.8, 4) is 17.9 Å². The highest BCUT2D eigenvalue weighted by molar-refractivity contribution is 5.25. The summed E-state index contributed by atoms with van der Waals surface area (Å²) in [5.74, 6) is 5.39. The number of rotatable bonds is 0. The van der Waals surface area contributed by atoms with Gasteiger partial charge in [-0.25, -0.2) is 4.98 Å². The molecule has 0 spiro atoms. The van der Waals surface area contributed by atoms with Gasteiger partial charge in [-0.3, -0.25) is 0 Å². The van der Waals surface area contributed by atoms with E-state index in [4.69, 9.17) is 5.26 Å². The third kappa shape index (κ3) is 1.65. The fourth-order valence-electron chi connectivity index (χ4n) is 0.503. The molecule has 0 aliphatic carbocycles. The molecule has 0 unspecified atom stereocenters. The lowest BCUT2D eigenvalue weighted by Gasteiger charge is -1.72. The number of H-pyrrole nitrogens is 1. The molecule has 10 heavy (non-hydrogen) atoms. The highest BCUT2D eigenvalue weighted by Crippen LogP contribution is 1.85. The average molecular weight is 131 g/mol. The van der Waals surface area contributed by atoms with Gasteiger partial charge >= 0.3 is 0 Å². The van der Waals surface area contributed by atoms with Crippen LogP contribution in [0.1, 0.15) is 12.1 Å². The molecule has 0 saturated carbocycles. The average Bonchev–Trinajstić information content (AvgIpc) is 2.41. The van der Waals surface area contributed by atoms with E-state index in [9.17, 15) is 0 Å². The molecule has 0 amide bonds. The summed E-state index contributed by atoms with van der Waals surface area (Å²) in [6, 6.07) is 1.92. The largest absolute Gasteiger partial charge is 0.338 e. The zero-order valence-corrected chi connectivity index (χ0v) is 5.26. The molecule has 0 aromatic carbocycles. The van der Waals surface area contributed by atoms with Crippen LogP contribution in [-0.2, 0) is 0 Å². The second-order valence-electron chi connectivity index (χ2n) is 1.60. The van der Waals surface area contributed by atoms with Gasteiger partial charge in [-0.1, -0.05) is 5.92 Å². The molecule has 1 N–H and O–H groups in total. The summed E-state index contributed by atoms with van der Waals surface area (Å²) in [5, 5.41) is 8.12. The van der Waals surface area contributed by atoms with E-state index in [1.54, 1.807) is 12.5 Å². The topological polar surface area (TPSA) is 52.5 Å². The minimum atomic E-state index is 0.263. The molecule has 1 heterocycles. The van der Waals surface area contributed by atoms with E-state index in [1.165, 1.54) is 0 Å². The van der Waals surface area contributed by atoms with E-state index in [1.807, 2.05) is 6.07 Å². The Morgan fingerprint density at radius 3 is 3.20 bits per heavy atom. The Bertz CT molecular complexity index is 281. The Balaban J connectivity index is 2.59.